The van der Waals surface area contributed by atoms with Gasteiger partial charge in [0.2, 0.25) is 5.95 Å². The molecule has 0 aromatic carbocycles. The van der Waals surface area contributed by atoms with Gasteiger partial charge in [-0.1, -0.05) is 13.3 Å². The zero-order valence-corrected chi connectivity index (χ0v) is 11.3. The van der Waals surface area contributed by atoms with Gasteiger partial charge in [-0.05, 0) is 44.2 Å². The average molecular weight is 248 g/mol. The Morgan fingerprint density at radius 1 is 1.33 bits per heavy atom. The molecule has 4 nitrogen and oxygen atoms in total. The molecule has 1 fully saturated rings. The van der Waals surface area contributed by atoms with Gasteiger partial charge in [0.1, 0.15) is 0 Å². The van der Waals surface area contributed by atoms with Gasteiger partial charge in [0.15, 0.2) is 0 Å². The lowest BCUT2D eigenvalue weighted by atomic mass is 9.99. The highest BCUT2D eigenvalue weighted by molar-refractivity contribution is 5.32. The van der Waals surface area contributed by atoms with Crippen LogP contribution in [0.1, 0.15) is 44.6 Å². The second-order valence-corrected chi connectivity index (χ2v) is 5.06. The van der Waals surface area contributed by atoms with Crippen molar-refractivity contribution in [3.05, 3.63) is 18.0 Å². The van der Waals surface area contributed by atoms with Gasteiger partial charge in [-0.3, -0.25) is 0 Å². The number of nitrogens with zero attached hydrogens (tertiary/aromatic N) is 3. The number of rotatable bonds is 5. The largest absolute Gasteiger partial charge is 0.338 e. The van der Waals surface area contributed by atoms with Crippen LogP contribution in [0.3, 0.4) is 0 Å². The van der Waals surface area contributed by atoms with E-state index in [1.165, 1.54) is 32.1 Å². The minimum Gasteiger partial charge on any atom is -0.338 e. The molecule has 0 aliphatic carbocycles. The lowest BCUT2D eigenvalue weighted by molar-refractivity contribution is 0.428. The zero-order valence-electron chi connectivity index (χ0n) is 11.3. The third-order valence-corrected chi connectivity index (χ3v) is 3.63. The van der Waals surface area contributed by atoms with Gasteiger partial charge < -0.3 is 10.6 Å². The molecule has 2 rings (SSSR count). The Kier molecular flexibility index (Phi) is 4.93. The molecule has 2 N–H and O–H groups in total. The Hall–Kier alpha value is -1.16. The highest BCUT2D eigenvalue weighted by Crippen LogP contribution is 2.24. The number of anilines is 1. The molecule has 1 aromatic rings. The lowest BCUT2D eigenvalue weighted by Gasteiger charge is -2.35. The van der Waals surface area contributed by atoms with Crippen LogP contribution in [0.15, 0.2) is 12.4 Å². The molecule has 1 aliphatic rings. The third kappa shape index (κ3) is 3.19. The van der Waals surface area contributed by atoms with Crippen LogP contribution < -0.4 is 10.6 Å². The highest BCUT2D eigenvalue weighted by atomic mass is 15.3. The van der Waals surface area contributed by atoms with E-state index in [1.54, 1.807) is 0 Å². The van der Waals surface area contributed by atoms with E-state index in [-0.39, 0.29) is 0 Å². The molecule has 0 amide bonds. The SMILES string of the molecule is CCCC1CCCCN1c1ncc(CCN)cn1. The topological polar surface area (TPSA) is 55.0 Å². The van der Waals surface area contributed by atoms with Gasteiger partial charge >= 0.3 is 0 Å². The Morgan fingerprint density at radius 3 is 2.78 bits per heavy atom. The van der Waals surface area contributed by atoms with Crippen molar-refractivity contribution in [3.63, 3.8) is 0 Å². The Bertz CT molecular complexity index is 347. The summed E-state index contributed by atoms with van der Waals surface area (Å²) in [4.78, 5) is 11.4. The van der Waals surface area contributed by atoms with E-state index in [0.29, 0.717) is 12.6 Å². The molecule has 0 radical (unpaired) electrons. The molecule has 0 bridgehead atoms. The van der Waals surface area contributed by atoms with E-state index in [0.717, 1.165) is 24.5 Å². The number of piperidine rings is 1. The second kappa shape index (κ2) is 6.69. The summed E-state index contributed by atoms with van der Waals surface area (Å²) < 4.78 is 0. The first-order chi connectivity index (χ1) is 8.85. The number of hydrogen-bond acceptors (Lipinski definition) is 4. The van der Waals surface area contributed by atoms with Crippen LogP contribution in [0.5, 0.6) is 0 Å². The number of hydrogen-bond donors (Lipinski definition) is 1. The molecule has 1 atom stereocenters. The highest BCUT2D eigenvalue weighted by Gasteiger charge is 2.23. The van der Waals surface area contributed by atoms with Crippen molar-refractivity contribution < 1.29 is 0 Å². The summed E-state index contributed by atoms with van der Waals surface area (Å²) in [6.45, 7) is 4.00. The first-order valence-corrected chi connectivity index (χ1v) is 7.12. The Balaban J connectivity index is 2.07. The molecule has 18 heavy (non-hydrogen) atoms. The predicted octanol–water partition coefficient (Wildman–Crippen LogP) is 2.14. The number of nitrogens with two attached hydrogens (primary N) is 1. The fourth-order valence-electron chi connectivity index (χ4n) is 2.69. The zero-order chi connectivity index (χ0) is 12.8. The molecule has 100 valence electrons. The van der Waals surface area contributed by atoms with Crippen LogP contribution in [-0.2, 0) is 6.42 Å². The van der Waals surface area contributed by atoms with Crippen molar-refractivity contribution in [2.24, 2.45) is 5.73 Å². The Labute approximate surface area is 110 Å². The monoisotopic (exact) mass is 248 g/mol. The van der Waals surface area contributed by atoms with Crippen molar-refractivity contribution in [1.29, 1.82) is 0 Å². The molecular formula is C14H24N4. The quantitative estimate of drug-likeness (QED) is 0.867. The summed E-state index contributed by atoms with van der Waals surface area (Å²) in [6.07, 6.45) is 11.1. The molecule has 1 aromatic heterocycles. The van der Waals surface area contributed by atoms with Crippen LogP contribution in [-0.4, -0.2) is 29.1 Å². The maximum atomic E-state index is 5.54. The average Bonchev–Trinajstić information content (AvgIpc) is 2.41. The minimum atomic E-state index is 0.629. The summed E-state index contributed by atoms with van der Waals surface area (Å²) >= 11 is 0. The maximum absolute atomic E-state index is 5.54. The molecule has 0 spiro atoms. The third-order valence-electron chi connectivity index (χ3n) is 3.63. The first kappa shape index (κ1) is 13.3. The minimum absolute atomic E-state index is 0.629. The van der Waals surface area contributed by atoms with E-state index in [2.05, 4.69) is 21.8 Å². The van der Waals surface area contributed by atoms with Gasteiger partial charge in [-0.15, -0.1) is 0 Å². The van der Waals surface area contributed by atoms with E-state index in [9.17, 15) is 0 Å². The smallest absolute Gasteiger partial charge is 0.225 e. The summed E-state index contributed by atoms with van der Waals surface area (Å²) in [7, 11) is 0. The molecular weight excluding hydrogens is 224 g/mol. The maximum Gasteiger partial charge on any atom is 0.225 e. The first-order valence-electron chi connectivity index (χ1n) is 7.12. The van der Waals surface area contributed by atoms with E-state index < -0.39 is 0 Å². The molecule has 1 aliphatic heterocycles. The van der Waals surface area contributed by atoms with Crippen LogP contribution in [0.25, 0.3) is 0 Å². The van der Waals surface area contributed by atoms with Crippen LogP contribution in [0.2, 0.25) is 0 Å². The van der Waals surface area contributed by atoms with Gasteiger partial charge in [-0.2, -0.15) is 0 Å². The molecule has 1 saturated heterocycles. The molecule has 2 heterocycles. The summed E-state index contributed by atoms with van der Waals surface area (Å²) in [5.41, 5.74) is 6.67. The Morgan fingerprint density at radius 2 is 2.11 bits per heavy atom. The van der Waals surface area contributed by atoms with Crippen LogP contribution in [0.4, 0.5) is 5.95 Å². The van der Waals surface area contributed by atoms with Crippen molar-refractivity contribution in [2.75, 3.05) is 18.0 Å². The van der Waals surface area contributed by atoms with Crippen molar-refractivity contribution >= 4 is 5.95 Å². The second-order valence-electron chi connectivity index (χ2n) is 5.06. The molecule has 0 saturated carbocycles. The van der Waals surface area contributed by atoms with E-state index >= 15 is 0 Å². The van der Waals surface area contributed by atoms with Gasteiger partial charge in [-0.25, -0.2) is 9.97 Å². The van der Waals surface area contributed by atoms with Gasteiger partial charge in [0.25, 0.3) is 0 Å². The summed E-state index contributed by atoms with van der Waals surface area (Å²) in [5, 5.41) is 0. The fraction of sp³-hybridized carbons (Fsp3) is 0.714. The van der Waals surface area contributed by atoms with Crippen LogP contribution >= 0.6 is 0 Å². The number of aromatic nitrogens is 2. The van der Waals surface area contributed by atoms with Crippen molar-refractivity contribution in [2.45, 2.75) is 51.5 Å². The molecule has 1 unspecified atom stereocenters. The molecule has 4 heteroatoms. The van der Waals surface area contributed by atoms with Gasteiger partial charge in [0, 0.05) is 25.0 Å². The fourth-order valence-corrected chi connectivity index (χ4v) is 2.69. The summed E-state index contributed by atoms with van der Waals surface area (Å²) in [6, 6.07) is 0.629. The van der Waals surface area contributed by atoms with E-state index in [4.69, 9.17) is 5.73 Å². The van der Waals surface area contributed by atoms with Gasteiger partial charge in [0.05, 0.1) is 0 Å². The van der Waals surface area contributed by atoms with Crippen molar-refractivity contribution in [3.8, 4) is 0 Å². The standard InChI is InChI=1S/C14H24N4/c1-2-5-13-6-3-4-9-18(13)14-16-10-12(7-8-15)11-17-14/h10-11,13H,2-9,15H2,1H3. The summed E-state index contributed by atoms with van der Waals surface area (Å²) in [5.74, 6) is 0.897. The lowest BCUT2D eigenvalue weighted by Crippen LogP contribution is -2.40. The predicted molar refractivity (Wildman–Crippen MR) is 74.7 cm³/mol. The van der Waals surface area contributed by atoms with Crippen molar-refractivity contribution in [1.82, 2.24) is 9.97 Å². The van der Waals surface area contributed by atoms with Crippen LogP contribution in [0, 0.1) is 0 Å². The van der Waals surface area contributed by atoms with E-state index in [1.807, 2.05) is 12.4 Å². The normalized spacial score (nSPS) is 20.1.